The number of phenols is 1. The fourth-order valence-corrected chi connectivity index (χ4v) is 5.26. The molecule has 0 unspecified atom stereocenters. The molecule has 222 valence electrons. The number of benzene rings is 3. The highest BCUT2D eigenvalue weighted by Gasteiger charge is 2.38. The Hall–Kier alpha value is -4.19. The molecule has 0 aliphatic carbocycles. The molecule has 42 heavy (non-hydrogen) atoms. The van der Waals surface area contributed by atoms with Gasteiger partial charge in [-0.1, -0.05) is 24.3 Å². The number of anilines is 1. The van der Waals surface area contributed by atoms with Gasteiger partial charge in [-0.3, -0.25) is 4.79 Å². The van der Waals surface area contributed by atoms with E-state index < -0.39 is 23.1 Å². The number of halogens is 4. The summed E-state index contributed by atoms with van der Waals surface area (Å²) >= 11 is 0. The molecule has 5 rings (SSSR count). The maximum absolute atomic E-state index is 16.6. The van der Waals surface area contributed by atoms with E-state index in [0.717, 1.165) is 12.1 Å². The molecule has 1 aliphatic heterocycles. The highest BCUT2D eigenvalue weighted by atomic mass is 19.4. The zero-order valence-electron chi connectivity index (χ0n) is 23.5. The molecule has 4 aromatic rings. The van der Waals surface area contributed by atoms with Crippen molar-refractivity contribution in [2.75, 3.05) is 58.3 Å². The molecule has 12 heteroatoms. The van der Waals surface area contributed by atoms with E-state index in [1.54, 1.807) is 34.1 Å². The standard InChI is InChI=1S/C30H31F4N5O3/c1-18(40)38-10-12-39(13-11-38)28-23-17-24(30(32,33)34)25(22-16-20(41)15-19-7-4-5-8-21(19)22)26(31)27(23)35-29(36-28)42-14-6-9-37(2)3/h4-5,7-8,15-17,41H,6,9-14H2,1-3H3. The summed E-state index contributed by atoms with van der Waals surface area (Å²) in [6, 6.07) is 9.77. The molecular weight excluding hydrogens is 554 g/mol. The van der Waals surface area contributed by atoms with E-state index in [1.165, 1.54) is 13.0 Å². The van der Waals surface area contributed by atoms with Gasteiger partial charge in [0.1, 0.15) is 17.1 Å². The van der Waals surface area contributed by atoms with Crippen molar-refractivity contribution in [2.45, 2.75) is 19.5 Å². The number of alkyl halides is 3. The van der Waals surface area contributed by atoms with Crippen LogP contribution in [0.4, 0.5) is 23.4 Å². The lowest BCUT2D eigenvalue weighted by Gasteiger charge is -2.35. The van der Waals surface area contributed by atoms with Crippen molar-refractivity contribution in [2.24, 2.45) is 0 Å². The number of carbonyl (C=O) groups is 1. The first kappa shape index (κ1) is 29.3. The summed E-state index contributed by atoms with van der Waals surface area (Å²) in [5.41, 5.74) is -2.37. The number of piperazine rings is 1. The molecule has 2 heterocycles. The van der Waals surface area contributed by atoms with Crippen molar-refractivity contribution in [3.05, 3.63) is 53.8 Å². The Morgan fingerprint density at radius 1 is 1.05 bits per heavy atom. The van der Waals surface area contributed by atoms with Crippen LogP contribution in [0, 0.1) is 5.82 Å². The summed E-state index contributed by atoms with van der Waals surface area (Å²) in [5.74, 6) is -1.50. The third-order valence-electron chi connectivity index (χ3n) is 7.32. The van der Waals surface area contributed by atoms with Gasteiger partial charge in [-0.05, 0) is 55.1 Å². The Balaban J connectivity index is 1.73. The number of aromatic hydroxyl groups is 1. The van der Waals surface area contributed by atoms with Gasteiger partial charge in [0.25, 0.3) is 0 Å². The zero-order valence-corrected chi connectivity index (χ0v) is 23.5. The summed E-state index contributed by atoms with van der Waals surface area (Å²) in [7, 11) is 3.82. The molecule has 3 aromatic carbocycles. The third-order valence-corrected chi connectivity index (χ3v) is 7.32. The molecule has 1 N–H and O–H groups in total. The maximum Gasteiger partial charge on any atom is 0.417 e. The molecule has 1 fully saturated rings. The first-order valence-corrected chi connectivity index (χ1v) is 13.6. The van der Waals surface area contributed by atoms with Crippen LogP contribution in [-0.2, 0) is 11.0 Å². The van der Waals surface area contributed by atoms with Crippen LogP contribution in [0.3, 0.4) is 0 Å². The summed E-state index contributed by atoms with van der Waals surface area (Å²) in [4.78, 5) is 25.9. The van der Waals surface area contributed by atoms with Crippen molar-refractivity contribution >= 4 is 33.4 Å². The predicted octanol–water partition coefficient (Wildman–Crippen LogP) is 5.31. The summed E-state index contributed by atoms with van der Waals surface area (Å²) in [5, 5.41) is 11.0. The summed E-state index contributed by atoms with van der Waals surface area (Å²) in [6.07, 6.45) is -4.32. The van der Waals surface area contributed by atoms with Crippen LogP contribution >= 0.6 is 0 Å². The first-order chi connectivity index (χ1) is 19.9. The van der Waals surface area contributed by atoms with E-state index >= 15 is 4.39 Å². The topological polar surface area (TPSA) is 82.0 Å². The zero-order chi connectivity index (χ0) is 30.2. The van der Waals surface area contributed by atoms with Gasteiger partial charge in [0.2, 0.25) is 5.91 Å². The molecule has 1 amide bonds. The second-order valence-corrected chi connectivity index (χ2v) is 10.5. The van der Waals surface area contributed by atoms with Gasteiger partial charge in [0.15, 0.2) is 5.82 Å². The molecule has 0 bridgehead atoms. The van der Waals surface area contributed by atoms with Crippen LogP contribution in [-0.4, -0.2) is 84.2 Å². The monoisotopic (exact) mass is 585 g/mol. The number of ether oxygens (including phenoxy) is 1. The number of fused-ring (bicyclic) bond motifs is 2. The van der Waals surface area contributed by atoms with E-state index in [4.69, 9.17) is 4.74 Å². The number of phenolic OH excluding ortho intramolecular Hbond substituents is 1. The number of nitrogens with zero attached hydrogens (tertiary/aromatic N) is 5. The van der Waals surface area contributed by atoms with Crippen molar-refractivity contribution < 1.29 is 32.2 Å². The molecular formula is C30H31F4N5O3. The van der Waals surface area contributed by atoms with Crippen molar-refractivity contribution in [3.8, 4) is 22.9 Å². The number of amides is 1. The van der Waals surface area contributed by atoms with Crippen molar-refractivity contribution in [1.29, 1.82) is 0 Å². The molecule has 1 aromatic heterocycles. The van der Waals surface area contributed by atoms with Gasteiger partial charge in [0.05, 0.1) is 12.2 Å². The lowest BCUT2D eigenvalue weighted by molar-refractivity contribution is -0.137. The summed E-state index contributed by atoms with van der Waals surface area (Å²) < 4.78 is 66.3. The average Bonchev–Trinajstić information content (AvgIpc) is 2.94. The Kier molecular flexibility index (Phi) is 8.09. The van der Waals surface area contributed by atoms with E-state index in [2.05, 4.69) is 9.97 Å². The van der Waals surface area contributed by atoms with Crippen LogP contribution in [0.15, 0.2) is 42.5 Å². The number of carbonyl (C=O) groups excluding carboxylic acids is 1. The highest BCUT2D eigenvalue weighted by Crippen LogP contribution is 2.46. The summed E-state index contributed by atoms with van der Waals surface area (Å²) in [6.45, 7) is 3.62. The van der Waals surface area contributed by atoms with Crippen LogP contribution in [0.5, 0.6) is 11.8 Å². The van der Waals surface area contributed by atoms with Gasteiger partial charge >= 0.3 is 12.2 Å². The number of hydrogen-bond donors (Lipinski definition) is 1. The van der Waals surface area contributed by atoms with Crippen LogP contribution in [0.25, 0.3) is 32.8 Å². The van der Waals surface area contributed by atoms with E-state index in [0.29, 0.717) is 36.8 Å². The highest BCUT2D eigenvalue weighted by molar-refractivity contribution is 6.02. The number of aromatic nitrogens is 2. The van der Waals surface area contributed by atoms with Crippen LogP contribution in [0.2, 0.25) is 0 Å². The second-order valence-electron chi connectivity index (χ2n) is 10.5. The Bertz CT molecular complexity index is 1640. The molecule has 0 saturated carbocycles. The van der Waals surface area contributed by atoms with Gasteiger partial charge in [-0.2, -0.15) is 23.1 Å². The van der Waals surface area contributed by atoms with Gasteiger partial charge < -0.3 is 24.5 Å². The molecule has 0 spiro atoms. The van der Waals surface area contributed by atoms with E-state index in [1.807, 2.05) is 19.0 Å². The largest absolute Gasteiger partial charge is 0.508 e. The van der Waals surface area contributed by atoms with Gasteiger partial charge in [-0.15, -0.1) is 0 Å². The predicted molar refractivity (Wildman–Crippen MR) is 152 cm³/mol. The third kappa shape index (κ3) is 5.89. The fraction of sp³-hybridized carbons (Fsp3) is 0.367. The Morgan fingerprint density at radius 2 is 1.76 bits per heavy atom. The molecule has 8 nitrogen and oxygen atoms in total. The Morgan fingerprint density at radius 3 is 2.43 bits per heavy atom. The molecule has 1 aliphatic rings. The van der Waals surface area contributed by atoms with Crippen LogP contribution < -0.4 is 9.64 Å². The molecule has 0 atom stereocenters. The minimum absolute atomic E-state index is 0.0996. The van der Waals surface area contributed by atoms with Crippen LogP contribution in [0.1, 0.15) is 18.9 Å². The quantitative estimate of drug-likeness (QED) is 0.233. The fourth-order valence-electron chi connectivity index (χ4n) is 5.26. The minimum atomic E-state index is -4.94. The average molecular weight is 586 g/mol. The smallest absolute Gasteiger partial charge is 0.417 e. The lowest BCUT2D eigenvalue weighted by Crippen LogP contribution is -2.48. The lowest BCUT2D eigenvalue weighted by atomic mass is 9.92. The van der Waals surface area contributed by atoms with E-state index in [9.17, 15) is 23.1 Å². The number of hydrogen-bond acceptors (Lipinski definition) is 7. The van der Waals surface area contributed by atoms with Gasteiger partial charge in [-0.25, -0.2) is 4.39 Å². The molecule has 0 radical (unpaired) electrons. The molecule has 1 saturated heterocycles. The normalized spacial score (nSPS) is 14.3. The SMILES string of the molecule is CC(=O)N1CCN(c2nc(OCCCN(C)C)nc3c(F)c(-c4cc(O)cc5ccccc45)c(C(F)(F)F)cc23)CC1. The minimum Gasteiger partial charge on any atom is -0.508 e. The van der Waals surface area contributed by atoms with Gasteiger partial charge in [0, 0.05) is 50.6 Å². The first-order valence-electron chi connectivity index (χ1n) is 13.6. The van der Waals surface area contributed by atoms with E-state index in [-0.39, 0.29) is 59.6 Å². The second kappa shape index (κ2) is 11.6. The Labute approximate surface area is 240 Å². The maximum atomic E-state index is 16.6. The number of rotatable bonds is 7. The van der Waals surface area contributed by atoms with Crippen molar-refractivity contribution in [3.63, 3.8) is 0 Å². The van der Waals surface area contributed by atoms with Crippen molar-refractivity contribution in [1.82, 2.24) is 19.8 Å².